The number of ether oxygens (including phenoxy) is 4. The molecule has 0 saturated heterocycles. The predicted molar refractivity (Wildman–Crippen MR) is 175 cm³/mol. The Morgan fingerprint density at radius 2 is 0.960 bits per heavy atom. The third kappa shape index (κ3) is 4.87. The zero-order valence-electron chi connectivity index (χ0n) is 27.0. The SMILES string of the molecule is COc1ccc(Cc2oc3ccc(OC)cc3c2C2=C(c3c(-c4ccc(OC)cc4)oc4ccc(OC)cc34)C(F)(F)C(F)(F)C2(F)F)cc1. The quantitative estimate of drug-likeness (QED) is 0.140. The van der Waals surface area contributed by atoms with Crippen molar-refractivity contribution in [1.29, 1.82) is 0 Å². The largest absolute Gasteiger partial charge is 0.497 e. The summed E-state index contributed by atoms with van der Waals surface area (Å²) in [6, 6.07) is 20.7. The Hall–Kier alpha value is -5.52. The summed E-state index contributed by atoms with van der Waals surface area (Å²) in [5.41, 5.74) is -3.82. The molecule has 258 valence electrons. The molecule has 1 aliphatic carbocycles. The molecule has 2 aromatic heterocycles. The van der Waals surface area contributed by atoms with Crippen molar-refractivity contribution in [3.8, 4) is 34.3 Å². The van der Waals surface area contributed by atoms with Gasteiger partial charge in [0, 0.05) is 45.0 Å². The number of allylic oxidation sites excluding steroid dienone is 2. The molecule has 0 fully saturated rings. The molecule has 2 heterocycles. The van der Waals surface area contributed by atoms with E-state index in [2.05, 4.69) is 0 Å². The number of hydrogen-bond donors (Lipinski definition) is 0. The minimum atomic E-state index is -5.87. The van der Waals surface area contributed by atoms with Crippen molar-refractivity contribution >= 4 is 33.1 Å². The van der Waals surface area contributed by atoms with Gasteiger partial charge in [0.2, 0.25) is 0 Å². The van der Waals surface area contributed by atoms with Crippen LogP contribution in [0.5, 0.6) is 23.0 Å². The van der Waals surface area contributed by atoms with Gasteiger partial charge in [0.1, 0.15) is 45.7 Å². The first-order valence-corrected chi connectivity index (χ1v) is 15.2. The van der Waals surface area contributed by atoms with Crippen LogP contribution in [0.4, 0.5) is 26.3 Å². The first-order valence-electron chi connectivity index (χ1n) is 15.2. The van der Waals surface area contributed by atoms with E-state index in [1.807, 2.05) is 0 Å². The molecule has 6 aromatic rings. The zero-order valence-corrected chi connectivity index (χ0v) is 27.0. The molecule has 0 amide bonds. The van der Waals surface area contributed by atoms with Crippen LogP contribution in [0.15, 0.2) is 93.8 Å². The van der Waals surface area contributed by atoms with E-state index in [4.69, 9.17) is 27.8 Å². The van der Waals surface area contributed by atoms with Crippen molar-refractivity contribution in [2.45, 2.75) is 24.2 Å². The second-order valence-electron chi connectivity index (χ2n) is 11.7. The van der Waals surface area contributed by atoms with Gasteiger partial charge in [-0.05, 0) is 78.4 Å². The van der Waals surface area contributed by atoms with Crippen LogP contribution in [0, 0.1) is 0 Å². The van der Waals surface area contributed by atoms with Gasteiger partial charge in [-0.25, -0.2) is 0 Å². The molecule has 1 aliphatic rings. The average Bonchev–Trinajstić information content (AvgIpc) is 3.69. The van der Waals surface area contributed by atoms with Crippen LogP contribution in [-0.4, -0.2) is 46.2 Å². The van der Waals surface area contributed by atoms with Gasteiger partial charge in [0.05, 0.1) is 28.4 Å². The van der Waals surface area contributed by atoms with Crippen LogP contribution in [0.1, 0.15) is 22.5 Å². The van der Waals surface area contributed by atoms with Crippen molar-refractivity contribution in [1.82, 2.24) is 0 Å². The smallest absolute Gasteiger partial charge is 0.380 e. The standard InChI is InChI=1S/C38H28F6O6/c1-45-22-9-5-20(6-10-22)17-30-31(26-18-24(47-3)13-15-28(26)49-30)33-34(37(41,42)38(43,44)36(33,39)40)32-27-19-25(48-4)14-16-29(27)50-35(32)21-7-11-23(46-2)12-8-21/h5-16,18-19H,17H2,1-4H3. The van der Waals surface area contributed by atoms with Gasteiger partial charge in [-0.1, -0.05) is 12.1 Å². The van der Waals surface area contributed by atoms with E-state index in [0.29, 0.717) is 17.1 Å². The van der Waals surface area contributed by atoms with Crippen LogP contribution in [0.3, 0.4) is 0 Å². The minimum Gasteiger partial charge on any atom is -0.497 e. The number of methoxy groups -OCH3 is 4. The zero-order chi connectivity index (χ0) is 35.6. The maximum Gasteiger partial charge on any atom is 0.380 e. The lowest BCUT2D eigenvalue weighted by Crippen LogP contribution is -2.49. The molecular weight excluding hydrogens is 666 g/mol. The fraction of sp³-hybridized carbons (Fsp3) is 0.211. The first-order chi connectivity index (χ1) is 23.9. The molecule has 0 spiro atoms. The Labute approximate surface area is 281 Å². The fourth-order valence-corrected chi connectivity index (χ4v) is 6.37. The topological polar surface area (TPSA) is 63.2 Å². The molecule has 50 heavy (non-hydrogen) atoms. The number of fused-ring (bicyclic) bond motifs is 2. The fourth-order valence-electron chi connectivity index (χ4n) is 6.37. The number of rotatable bonds is 9. The highest BCUT2D eigenvalue weighted by molar-refractivity contribution is 6.13. The van der Waals surface area contributed by atoms with E-state index >= 15 is 26.3 Å². The molecule has 12 heteroatoms. The summed E-state index contributed by atoms with van der Waals surface area (Å²) >= 11 is 0. The molecular formula is C38H28F6O6. The van der Waals surface area contributed by atoms with E-state index in [1.54, 1.807) is 24.3 Å². The van der Waals surface area contributed by atoms with Crippen LogP contribution < -0.4 is 18.9 Å². The molecule has 0 radical (unpaired) electrons. The van der Waals surface area contributed by atoms with Gasteiger partial charge in [-0.15, -0.1) is 0 Å². The van der Waals surface area contributed by atoms with Crippen molar-refractivity contribution in [3.63, 3.8) is 0 Å². The Bertz CT molecular complexity index is 2270. The minimum absolute atomic E-state index is 0.000377. The maximum absolute atomic E-state index is 16.5. The summed E-state index contributed by atoms with van der Waals surface area (Å²) in [6.45, 7) is 0. The average molecular weight is 695 g/mol. The van der Waals surface area contributed by atoms with E-state index in [-0.39, 0.29) is 56.9 Å². The number of halogens is 6. The Kier molecular flexibility index (Phi) is 7.80. The summed E-state index contributed by atoms with van der Waals surface area (Å²) in [5, 5.41) is -0.261. The second-order valence-corrected chi connectivity index (χ2v) is 11.7. The number of hydrogen-bond acceptors (Lipinski definition) is 6. The van der Waals surface area contributed by atoms with Gasteiger partial charge >= 0.3 is 17.8 Å². The summed E-state index contributed by atoms with van der Waals surface area (Å²) < 4.78 is 131. The number of alkyl halides is 6. The molecule has 0 saturated carbocycles. The van der Waals surface area contributed by atoms with Gasteiger partial charge in [-0.2, -0.15) is 26.3 Å². The molecule has 0 atom stereocenters. The monoisotopic (exact) mass is 694 g/mol. The highest BCUT2D eigenvalue weighted by Gasteiger charge is 2.81. The van der Waals surface area contributed by atoms with Gasteiger partial charge in [-0.3, -0.25) is 0 Å². The van der Waals surface area contributed by atoms with Crippen LogP contribution in [0.25, 0.3) is 44.4 Å². The van der Waals surface area contributed by atoms with E-state index in [1.165, 1.54) is 89.1 Å². The van der Waals surface area contributed by atoms with Crippen molar-refractivity contribution in [2.75, 3.05) is 28.4 Å². The Balaban J connectivity index is 1.63. The van der Waals surface area contributed by atoms with Crippen LogP contribution in [0.2, 0.25) is 0 Å². The van der Waals surface area contributed by atoms with Crippen molar-refractivity contribution in [2.24, 2.45) is 0 Å². The summed E-state index contributed by atoms with van der Waals surface area (Å²) in [6.07, 6.45) is -0.217. The lowest BCUT2D eigenvalue weighted by Gasteiger charge is -2.26. The highest BCUT2D eigenvalue weighted by atomic mass is 19.3. The van der Waals surface area contributed by atoms with E-state index in [0.717, 1.165) is 0 Å². The Morgan fingerprint density at radius 1 is 0.520 bits per heavy atom. The van der Waals surface area contributed by atoms with Gasteiger partial charge in [0.15, 0.2) is 0 Å². The second kappa shape index (κ2) is 11.8. The lowest BCUT2D eigenvalue weighted by molar-refractivity contribution is -0.254. The normalized spacial score (nSPS) is 16.3. The summed E-state index contributed by atoms with van der Waals surface area (Å²) in [7, 11) is 5.52. The van der Waals surface area contributed by atoms with E-state index in [9.17, 15) is 0 Å². The molecule has 6 nitrogen and oxygen atoms in total. The summed E-state index contributed by atoms with van der Waals surface area (Å²) in [4.78, 5) is 0. The van der Waals surface area contributed by atoms with E-state index < -0.39 is 40.0 Å². The maximum atomic E-state index is 16.5. The van der Waals surface area contributed by atoms with Gasteiger partial charge < -0.3 is 27.8 Å². The molecule has 0 aliphatic heterocycles. The van der Waals surface area contributed by atoms with Crippen molar-refractivity contribution < 1.29 is 54.1 Å². The molecule has 0 bridgehead atoms. The van der Waals surface area contributed by atoms with Crippen LogP contribution >= 0.6 is 0 Å². The van der Waals surface area contributed by atoms with Crippen LogP contribution in [-0.2, 0) is 6.42 Å². The number of furan rings is 2. The predicted octanol–water partition coefficient (Wildman–Crippen LogP) is 10.3. The molecule has 0 N–H and O–H groups in total. The first kappa shape index (κ1) is 33.0. The lowest BCUT2D eigenvalue weighted by atomic mass is 9.89. The number of benzene rings is 4. The third-order valence-electron chi connectivity index (χ3n) is 8.91. The summed E-state index contributed by atoms with van der Waals surface area (Å²) in [5.74, 6) is -16.0. The Morgan fingerprint density at radius 3 is 1.48 bits per heavy atom. The molecule has 7 rings (SSSR count). The van der Waals surface area contributed by atoms with Crippen molar-refractivity contribution in [3.05, 3.63) is 107 Å². The van der Waals surface area contributed by atoms with Gasteiger partial charge in [0.25, 0.3) is 0 Å². The molecule has 4 aromatic carbocycles. The highest BCUT2D eigenvalue weighted by Crippen LogP contribution is 2.67. The third-order valence-corrected chi connectivity index (χ3v) is 8.91. The molecule has 0 unspecified atom stereocenters.